The lowest BCUT2D eigenvalue weighted by molar-refractivity contribution is -0.138. The summed E-state index contributed by atoms with van der Waals surface area (Å²) in [4.78, 5) is 11.7. The number of nitrogens with one attached hydrogen (secondary N) is 2. The van der Waals surface area contributed by atoms with Gasteiger partial charge in [-0.3, -0.25) is 10.2 Å². The molecule has 0 aromatic heterocycles. The highest BCUT2D eigenvalue weighted by molar-refractivity contribution is 7.89. The van der Waals surface area contributed by atoms with Gasteiger partial charge < -0.3 is 10.8 Å². The molecule has 0 aliphatic carbocycles. The second kappa shape index (κ2) is 7.79. The first kappa shape index (κ1) is 19.5. The summed E-state index contributed by atoms with van der Waals surface area (Å²) in [5.41, 5.74) is 6.46. The van der Waals surface area contributed by atoms with Crippen molar-refractivity contribution in [2.24, 2.45) is 5.73 Å². The van der Waals surface area contributed by atoms with Crippen molar-refractivity contribution in [3.8, 4) is 0 Å². The van der Waals surface area contributed by atoms with Crippen LogP contribution in [0.1, 0.15) is 11.1 Å². The molecule has 1 unspecified atom stereocenters. The van der Waals surface area contributed by atoms with E-state index >= 15 is 0 Å². The molecule has 0 amide bonds. The number of rotatable bonds is 7. The number of benzene rings is 3. The Hall–Kier alpha value is -3.23. The summed E-state index contributed by atoms with van der Waals surface area (Å²) in [5, 5.41) is 18.3. The van der Waals surface area contributed by atoms with Gasteiger partial charge in [0.1, 0.15) is 11.9 Å². The maximum Gasteiger partial charge on any atom is 0.322 e. The molecule has 0 aliphatic rings. The van der Waals surface area contributed by atoms with Gasteiger partial charge in [-0.25, -0.2) is 8.42 Å². The molecule has 0 fully saturated rings. The highest BCUT2D eigenvalue weighted by atomic mass is 32.2. The Morgan fingerprint density at radius 1 is 1.07 bits per heavy atom. The molecular weight excluding hydrogens is 378 g/mol. The van der Waals surface area contributed by atoms with Crippen molar-refractivity contribution in [1.82, 2.24) is 4.72 Å². The molecule has 3 aromatic carbocycles. The molecule has 0 bridgehead atoms. The van der Waals surface area contributed by atoms with Crippen LogP contribution < -0.4 is 10.5 Å². The maximum atomic E-state index is 12.9. The summed E-state index contributed by atoms with van der Waals surface area (Å²) in [6.07, 6.45) is -0.0829. The zero-order valence-corrected chi connectivity index (χ0v) is 15.6. The van der Waals surface area contributed by atoms with Gasteiger partial charge in [0.25, 0.3) is 0 Å². The molecule has 3 aromatic rings. The molecule has 0 heterocycles. The van der Waals surface area contributed by atoms with E-state index in [4.69, 9.17) is 11.1 Å². The minimum Gasteiger partial charge on any atom is -0.480 e. The van der Waals surface area contributed by atoms with Crippen LogP contribution in [0.25, 0.3) is 10.8 Å². The van der Waals surface area contributed by atoms with Gasteiger partial charge in [0.05, 0.1) is 4.90 Å². The lowest BCUT2D eigenvalue weighted by Gasteiger charge is -2.16. The number of aliphatic carboxylic acids is 1. The fourth-order valence-corrected chi connectivity index (χ4v) is 4.38. The number of nitrogen functional groups attached to an aromatic ring is 1. The lowest BCUT2D eigenvalue weighted by atomic mass is 10.0. The zero-order valence-electron chi connectivity index (χ0n) is 14.8. The third-order valence-electron chi connectivity index (χ3n) is 4.31. The number of nitrogens with two attached hydrogens (primary N) is 1. The Morgan fingerprint density at radius 2 is 1.75 bits per heavy atom. The molecule has 144 valence electrons. The fraction of sp³-hybridized carbons (Fsp3) is 0.100. The highest BCUT2D eigenvalue weighted by Crippen LogP contribution is 2.23. The summed E-state index contributed by atoms with van der Waals surface area (Å²) >= 11 is 0. The number of hydrogen-bond donors (Lipinski definition) is 4. The van der Waals surface area contributed by atoms with Crippen LogP contribution in [0.2, 0.25) is 0 Å². The first-order chi connectivity index (χ1) is 13.3. The monoisotopic (exact) mass is 397 g/mol. The summed E-state index contributed by atoms with van der Waals surface area (Å²) in [7, 11) is -4.08. The van der Waals surface area contributed by atoms with Crippen LogP contribution >= 0.6 is 0 Å². The lowest BCUT2D eigenvalue weighted by Crippen LogP contribution is -2.42. The average Bonchev–Trinajstić information content (AvgIpc) is 2.67. The number of carbonyl (C=O) groups is 1. The van der Waals surface area contributed by atoms with Gasteiger partial charge in [-0.05, 0) is 29.5 Å². The fourth-order valence-electron chi connectivity index (χ4n) is 2.96. The molecule has 0 aliphatic heterocycles. The van der Waals surface area contributed by atoms with E-state index in [-0.39, 0.29) is 17.2 Å². The Balaban J connectivity index is 1.92. The van der Waals surface area contributed by atoms with Crippen molar-refractivity contribution in [3.63, 3.8) is 0 Å². The molecular formula is C20H19N3O4S. The zero-order chi connectivity index (χ0) is 20.3. The molecule has 0 spiro atoms. The molecule has 3 rings (SSSR count). The van der Waals surface area contributed by atoms with Crippen molar-refractivity contribution >= 4 is 32.6 Å². The number of amidine groups is 1. The van der Waals surface area contributed by atoms with Crippen molar-refractivity contribution in [1.29, 1.82) is 5.41 Å². The van der Waals surface area contributed by atoms with Crippen LogP contribution in [-0.2, 0) is 21.2 Å². The Kier molecular flexibility index (Phi) is 5.43. The van der Waals surface area contributed by atoms with Crippen LogP contribution in [0.3, 0.4) is 0 Å². The van der Waals surface area contributed by atoms with Crippen LogP contribution in [0.5, 0.6) is 0 Å². The van der Waals surface area contributed by atoms with Gasteiger partial charge in [-0.2, -0.15) is 4.72 Å². The van der Waals surface area contributed by atoms with E-state index in [1.165, 1.54) is 6.07 Å². The third-order valence-corrected chi connectivity index (χ3v) is 5.84. The Morgan fingerprint density at radius 3 is 2.46 bits per heavy atom. The number of sulfonamides is 1. The van der Waals surface area contributed by atoms with Gasteiger partial charge >= 0.3 is 5.97 Å². The largest absolute Gasteiger partial charge is 0.480 e. The second-order valence-corrected chi connectivity index (χ2v) is 7.99. The van der Waals surface area contributed by atoms with Gasteiger partial charge in [-0.1, -0.05) is 54.6 Å². The average molecular weight is 397 g/mol. The third kappa shape index (κ3) is 4.19. The molecule has 0 saturated carbocycles. The first-order valence-electron chi connectivity index (χ1n) is 8.44. The quantitative estimate of drug-likeness (QED) is 0.358. The topological polar surface area (TPSA) is 133 Å². The predicted octanol–water partition coefficient (Wildman–Crippen LogP) is 2.10. The molecule has 1 atom stereocenters. The van der Waals surface area contributed by atoms with Crippen molar-refractivity contribution < 1.29 is 18.3 Å². The number of hydrogen-bond acceptors (Lipinski definition) is 4. The predicted molar refractivity (Wildman–Crippen MR) is 107 cm³/mol. The minimum absolute atomic E-state index is 0.0225. The van der Waals surface area contributed by atoms with Crippen LogP contribution in [0, 0.1) is 5.41 Å². The summed E-state index contributed by atoms with van der Waals surface area (Å²) in [6, 6.07) is 17.0. The van der Waals surface area contributed by atoms with Gasteiger partial charge in [-0.15, -0.1) is 0 Å². The van der Waals surface area contributed by atoms with Crippen molar-refractivity contribution in [3.05, 3.63) is 77.9 Å². The molecule has 8 heteroatoms. The van der Waals surface area contributed by atoms with Crippen molar-refractivity contribution in [2.75, 3.05) is 0 Å². The smallest absolute Gasteiger partial charge is 0.322 e. The summed E-state index contributed by atoms with van der Waals surface area (Å²) < 4.78 is 28.1. The second-order valence-electron chi connectivity index (χ2n) is 6.31. The van der Waals surface area contributed by atoms with Gasteiger partial charge in [0.2, 0.25) is 10.0 Å². The normalized spacial score (nSPS) is 12.6. The Labute approximate surface area is 162 Å². The number of carboxylic acid groups (broad SMARTS) is 1. The van der Waals surface area contributed by atoms with Crippen LogP contribution in [-0.4, -0.2) is 31.4 Å². The SMILES string of the molecule is N=C(N)c1cccc(CC(NS(=O)(=O)c2cccc3ccccc23)C(=O)O)c1. The molecule has 7 nitrogen and oxygen atoms in total. The first-order valence-corrected chi connectivity index (χ1v) is 9.92. The molecule has 5 N–H and O–H groups in total. The van der Waals surface area contributed by atoms with E-state index in [1.54, 1.807) is 60.7 Å². The molecule has 0 radical (unpaired) electrons. The molecule has 28 heavy (non-hydrogen) atoms. The number of fused-ring (bicyclic) bond motifs is 1. The van der Waals surface area contributed by atoms with Gasteiger partial charge in [0.15, 0.2) is 0 Å². The van der Waals surface area contributed by atoms with E-state index < -0.39 is 22.0 Å². The summed E-state index contributed by atoms with van der Waals surface area (Å²) in [6.45, 7) is 0. The highest BCUT2D eigenvalue weighted by Gasteiger charge is 2.27. The maximum absolute atomic E-state index is 12.9. The molecule has 0 saturated heterocycles. The van der Waals surface area contributed by atoms with E-state index in [0.29, 0.717) is 16.5 Å². The van der Waals surface area contributed by atoms with Crippen LogP contribution in [0.4, 0.5) is 0 Å². The van der Waals surface area contributed by atoms with E-state index in [2.05, 4.69) is 4.72 Å². The van der Waals surface area contributed by atoms with Crippen LogP contribution in [0.15, 0.2) is 71.6 Å². The van der Waals surface area contributed by atoms with E-state index in [9.17, 15) is 18.3 Å². The summed E-state index contributed by atoms with van der Waals surface area (Å²) in [5.74, 6) is -1.44. The van der Waals surface area contributed by atoms with Gasteiger partial charge in [0, 0.05) is 10.9 Å². The standard InChI is InChI=1S/C20H19N3O4S/c21-19(22)15-8-3-5-13(11-15)12-17(20(24)25)23-28(26,27)18-10-4-7-14-6-1-2-9-16(14)18/h1-11,17,23H,12H2,(H3,21,22)(H,24,25). The minimum atomic E-state index is -4.08. The number of carboxylic acids is 1. The van der Waals surface area contributed by atoms with E-state index in [0.717, 1.165) is 5.39 Å². The Bertz CT molecular complexity index is 1150. The van der Waals surface area contributed by atoms with E-state index in [1.807, 2.05) is 0 Å². The van der Waals surface area contributed by atoms with Crippen molar-refractivity contribution in [2.45, 2.75) is 17.4 Å².